The van der Waals surface area contributed by atoms with Crippen molar-refractivity contribution in [3.8, 4) is 16.9 Å². The van der Waals surface area contributed by atoms with Crippen molar-refractivity contribution in [3.05, 3.63) is 52.9 Å². The number of carboxylic acids is 1. The molecule has 1 amide bonds. The number of amides is 1. The lowest BCUT2D eigenvalue weighted by Crippen LogP contribution is -2.16. The first-order valence-corrected chi connectivity index (χ1v) is 8.89. The fraction of sp³-hybridized carbons (Fsp3) is 0.158. The number of primary amides is 1. The summed E-state index contributed by atoms with van der Waals surface area (Å²) in [7, 11) is 0. The zero-order valence-electron chi connectivity index (χ0n) is 14.2. The molecule has 0 aliphatic heterocycles. The third-order valence-corrected chi connectivity index (χ3v) is 5.15. The van der Waals surface area contributed by atoms with Crippen molar-refractivity contribution in [2.45, 2.75) is 19.2 Å². The van der Waals surface area contributed by atoms with Gasteiger partial charge >= 0.3 is 12.3 Å². The highest BCUT2D eigenvalue weighted by Crippen LogP contribution is 2.41. The number of carbonyl (C=O) groups is 2. The molecule has 28 heavy (non-hydrogen) atoms. The Balaban J connectivity index is 2.13. The largest absolute Gasteiger partial charge is 0.573 e. The fourth-order valence-corrected chi connectivity index (χ4v) is 3.92. The summed E-state index contributed by atoms with van der Waals surface area (Å²) in [6, 6.07) is 10.6. The monoisotopic (exact) mass is 409 g/mol. The molecule has 5 nitrogen and oxygen atoms in total. The summed E-state index contributed by atoms with van der Waals surface area (Å²) in [5, 5.41) is 9.24. The minimum atomic E-state index is -4.84. The van der Waals surface area contributed by atoms with Crippen LogP contribution in [0.4, 0.5) is 13.2 Å². The van der Waals surface area contributed by atoms with Gasteiger partial charge in [-0.05, 0) is 35.7 Å². The molecule has 1 heterocycles. The molecule has 0 saturated carbocycles. The van der Waals surface area contributed by atoms with Crippen molar-refractivity contribution in [3.63, 3.8) is 0 Å². The third-order valence-electron chi connectivity index (χ3n) is 3.96. The van der Waals surface area contributed by atoms with Crippen molar-refractivity contribution < 1.29 is 32.6 Å². The second-order valence-electron chi connectivity index (χ2n) is 5.97. The van der Waals surface area contributed by atoms with Crippen molar-refractivity contribution >= 4 is 33.3 Å². The number of alkyl halides is 3. The molecule has 0 aliphatic rings. The number of fused-ring (bicyclic) bond motifs is 1. The molecule has 0 atom stereocenters. The number of ether oxygens (including phenoxy) is 1. The summed E-state index contributed by atoms with van der Waals surface area (Å²) in [6.07, 6.45) is -4.63. The van der Waals surface area contributed by atoms with E-state index in [-0.39, 0.29) is 17.7 Å². The number of rotatable bonds is 6. The number of carbonyl (C=O) groups excluding carboxylic acids is 1. The van der Waals surface area contributed by atoms with Gasteiger partial charge in [-0.2, -0.15) is 0 Å². The standard InChI is InChI=1S/C19H14F3NO4S/c20-19(21,22)27-12-5-6-14-13(9-12)16(17(28-14)18(23)26)11-3-1-2-10(8-11)4-7-15(24)25/h1-3,5-6,8-9H,4,7H2,(H2,23,26)(H,24,25). The summed E-state index contributed by atoms with van der Waals surface area (Å²) in [4.78, 5) is 22.9. The number of benzene rings is 2. The van der Waals surface area contributed by atoms with Gasteiger partial charge in [0.15, 0.2) is 0 Å². The minimum absolute atomic E-state index is 0.0694. The first kappa shape index (κ1) is 19.7. The molecule has 3 rings (SSSR count). The van der Waals surface area contributed by atoms with Crippen LogP contribution in [0.15, 0.2) is 42.5 Å². The van der Waals surface area contributed by atoms with Crippen LogP contribution < -0.4 is 10.5 Å². The Hall–Kier alpha value is -3.07. The van der Waals surface area contributed by atoms with Gasteiger partial charge in [0, 0.05) is 22.1 Å². The molecule has 0 saturated heterocycles. The molecule has 0 aliphatic carbocycles. The van der Waals surface area contributed by atoms with Crippen molar-refractivity contribution in [2.75, 3.05) is 0 Å². The predicted octanol–water partition coefficient (Wildman–Crippen LogP) is 4.58. The molecule has 2 aromatic carbocycles. The summed E-state index contributed by atoms with van der Waals surface area (Å²) >= 11 is 1.07. The van der Waals surface area contributed by atoms with Gasteiger partial charge in [0.25, 0.3) is 5.91 Å². The normalized spacial score (nSPS) is 11.5. The molecule has 0 fully saturated rings. The molecule has 9 heteroatoms. The average molecular weight is 409 g/mol. The number of hydrogen-bond donors (Lipinski definition) is 2. The van der Waals surface area contributed by atoms with Gasteiger partial charge in [-0.25, -0.2) is 0 Å². The van der Waals surface area contributed by atoms with Crippen LogP contribution in [0.5, 0.6) is 5.75 Å². The maximum atomic E-state index is 12.6. The highest BCUT2D eigenvalue weighted by molar-refractivity contribution is 7.21. The van der Waals surface area contributed by atoms with E-state index in [0.29, 0.717) is 21.2 Å². The number of thiophene rings is 1. The second kappa shape index (κ2) is 7.51. The van der Waals surface area contributed by atoms with Crippen LogP contribution >= 0.6 is 11.3 Å². The predicted molar refractivity (Wildman–Crippen MR) is 98.4 cm³/mol. The maximum Gasteiger partial charge on any atom is 0.573 e. The van der Waals surface area contributed by atoms with Crippen LogP contribution in [0.25, 0.3) is 21.2 Å². The quantitative estimate of drug-likeness (QED) is 0.624. The summed E-state index contributed by atoms with van der Waals surface area (Å²) < 4.78 is 42.2. The average Bonchev–Trinajstić information content (AvgIpc) is 2.98. The number of hydrogen-bond acceptors (Lipinski definition) is 4. The van der Waals surface area contributed by atoms with Crippen molar-refractivity contribution in [1.82, 2.24) is 0 Å². The van der Waals surface area contributed by atoms with E-state index in [2.05, 4.69) is 4.74 Å². The van der Waals surface area contributed by atoms with Crippen LogP contribution in [0.2, 0.25) is 0 Å². The van der Waals surface area contributed by atoms with E-state index in [1.54, 1.807) is 24.3 Å². The first-order chi connectivity index (χ1) is 13.1. The topological polar surface area (TPSA) is 89.6 Å². The number of carboxylic acid groups (broad SMARTS) is 1. The van der Waals surface area contributed by atoms with Gasteiger partial charge in [0.05, 0.1) is 0 Å². The highest BCUT2D eigenvalue weighted by Gasteiger charge is 2.31. The molecule has 0 spiro atoms. The van der Waals surface area contributed by atoms with Crippen LogP contribution in [0, 0.1) is 0 Å². The highest BCUT2D eigenvalue weighted by atomic mass is 32.1. The van der Waals surface area contributed by atoms with E-state index in [0.717, 1.165) is 16.9 Å². The zero-order valence-corrected chi connectivity index (χ0v) is 15.1. The fourth-order valence-electron chi connectivity index (χ4n) is 2.87. The third kappa shape index (κ3) is 4.42. The van der Waals surface area contributed by atoms with Crippen LogP contribution in [0.3, 0.4) is 0 Å². The summed E-state index contributed by atoms with van der Waals surface area (Å²) in [5.41, 5.74) is 7.16. The Morgan fingerprint density at radius 2 is 1.89 bits per heavy atom. The van der Waals surface area contributed by atoms with E-state index >= 15 is 0 Å². The van der Waals surface area contributed by atoms with Gasteiger partial charge < -0.3 is 15.6 Å². The second-order valence-corrected chi connectivity index (χ2v) is 7.02. The molecule has 3 N–H and O–H groups in total. The van der Waals surface area contributed by atoms with Gasteiger partial charge in [-0.1, -0.05) is 24.3 Å². The van der Waals surface area contributed by atoms with E-state index in [1.807, 2.05) is 0 Å². The lowest BCUT2D eigenvalue weighted by molar-refractivity contribution is -0.274. The zero-order chi connectivity index (χ0) is 20.5. The van der Waals surface area contributed by atoms with E-state index < -0.39 is 24.0 Å². The number of nitrogens with two attached hydrogens (primary N) is 1. The Morgan fingerprint density at radius 3 is 2.54 bits per heavy atom. The van der Waals surface area contributed by atoms with E-state index in [9.17, 15) is 22.8 Å². The summed E-state index contributed by atoms with van der Waals surface area (Å²) in [6.45, 7) is 0. The van der Waals surface area contributed by atoms with Crippen LogP contribution in [-0.2, 0) is 11.2 Å². The van der Waals surface area contributed by atoms with E-state index in [1.165, 1.54) is 18.2 Å². The van der Waals surface area contributed by atoms with Crippen molar-refractivity contribution in [2.24, 2.45) is 5.73 Å². The van der Waals surface area contributed by atoms with Crippen LogP contribution in [-0.4, -0.2) is 23.3 Å². The van der Waals surface area contributed by atoms with Gasteiger partial charge in [-0.3, -0.25) is 9.59 Å². The molecule has 0 radical (unpaired) electrons. The Labute approximate surface area is 161 Å². The van der Waals surface area contributed by atoms with Gasteiger partial charge in [0.1, 0.15) is 10.6 Å². The molecule has 0 bridgehead atoms. The Kier molecular flexibility index (Phi) is 5.28. The Morgan fingerprint density at radius 1 is 1.14 bits per heavy atom. The van der Waals surface area contributed by atoms with Crippen LogP contribution in [0.1, 0.15) is 21.7 Å². The molecule has 146 valence electrons. The number of halogens is 3. The molecule has 3 aromatic rings. The van der Waals surface area contributed by atoms with Gasteiger partial charge in [-0.15, -0.1) is 24.5 Å². The summed E-state index contributed by atoms with van der Waals surface area (Å²) in [5.74, 6) is -2.05. The Bertz CT molecular complexity index is 1060. The maximum absolute atomic E-state index is 12.6. The lowest BCUT2D eigenvalue weighted by Gasteiger charge is -2.10. The SMILES string of the molecule is NC(=O)c1sc2ccc(OC(F)(F)F)cc2c1-c1cccc(CCC(=O)O)c1. The smallest absolute Gasteiger partial charge is 0.481 e. The van der Waals surface area contributed by atoms with Crippen molar-refractivity contribution in [1.29, 1.82) is 0 Å². The lowest BCUT2D eigenvalue weighted by atomic mass is 9.98. The molecule has 0 unspecified atom stereocenters. The molecular formula is C19H14F3NO4S. The minimum Gasteiger partial charge on any atom is -0.481 e. The van der Waals surface area contributed by atoms with E-state index in [4.69, 9.17) is 10.8 Å². The number of aliphatic carboxylic acids is 1. The number of aryl methyl sites for hydroxylation is 1. The van der Waals surface area contributed by atoms with Gasteiger partial charge in [0.2, 0.25) is 0 Å². The molecular weight excluding hydrogens is 395 g/mol. The first-order valence-electron chi connectivity index (χ1n) is 8.07. The molecule has 1 aromatic heterocycles.